The first-order valence-corrected chi connectivity index (χ1v) is 6.52. The molecular formula is C13H28N2O. The number of aliphatic hydroxyl groups excluding tert-OH is 1. The van der Waals surface area contributed by atoms with Crippen LogP contribution in [0.2, 0.25) is 0 Å². The first-order valence-electron chi connectivity index (χ1n) is 6.52. The molecule has 0 aliphatic carbocycles. The Morgan fingerprint density at radius 2 is 2.06 bits per heavy atom. The average Bonchev–Trinajstić information content (AvgIpc) is 2.14. The number of aliphatic hydroxyl groups is 1. The van der Waals surface area contributed by atoms with Crippen LogP contribution in [-0.2, 0) is 0 Å². The minimum Gasteiger partial charge on any atom is -0.395 e. The Kier molecular flexibility index (Phi) is 5.22. The van der Waals surface area contributed by atoms with E-state index < -0.39 is 0 Å². The third-order valence-corrected chi connectivity index (χ3v) is 3.25. The van der Waals surface area contributed by atoms with E-state index in [1.165, 1.54) is 19.4 Å². The Morgan fingerprint density at radius 1 is 1.38 bits per heavy atom. The molecule has 96 valence electrons. The number of nitrogens with zero attached hydrogens (tertiary/aromatic N) is 1. The van der Waals surface area contributed by atoms with Crippen LogP contribution in [0.1, 0.15) is 40.5 Å². The molecule has 3 heteroatoms. The van der Waals surface area contributed by atoms with Crippen LogP contribution >= 0.6 is 0 Å². The van der Waals surface area contributed by atoms with Crippen molar-refractivity contribution in [3.05, 3.63) is 0 Å². The molecule has 0 amide bonds. The van der Waals surface area contributed by atoms with Gasteiger partial charge in [-0.2, -0.15) is 0 Å². The lowest BCUT2D eigenvalue weighted by Crippen LogP contribution is -2.50. The molecule has 0 aromatic rings. The number of rotatable bonds is 5. The molecule has 1 aliphatic rings. The zero-order valence-electron chi connectivity index (χ0n) is 11.3. The highest BCUT2D eigenvalue weighted by Crippen LogP contribution is 2.28. The summed E-state index contributed by atoms with van der Waals surface area (Å²) in [6.07, 6.45) is 2.61. The fourth-order valence-corrected chi connectivity index (χ4v) is 2.65. The zero-order valence-corrected chi connectivity index (χ0v) is 11.3. The van der Waals surface area contributed by atoms with Gasteiger partial charge in [-0.1, -0.05) is 27.7 Å². The zero-order chi connectivity index (χ0) is 12.2. The van der Waals surface area contributed by atoms with Crippen molar-refractivity contribution in [2.45, 2.75) is 52.6 Å². The van der Waals surface area contributed by atoms with Crippen LogP contribution in [0.3, 0.4) is 0 Å². The molecule has 0 radical (unpaired) electrons. The molecule has 0 aromatic carbocycles. The average molecular weight is 228 g/mol. The van der Waals surface area contributed by atoms with Crippen molar-refractivity contribution in [3.63, 3.8) is 0 Å². The SMILES string of the molecule is CC(C)NC(CO)CN1CCCC(C)(C)C1. The summed E-state index contributed by atoms with van der Waals surface area (Å²) in [6.45, 7) is 12.5. The van der Waals surface area contributed by atoms with E-state index in [9.17, 15) is 5.11 Å². The van der Waals surface area contributed by atoms with Gasteiger partial charge in [0.1, 0.15) is 0 Å². The molecule has 1 fully saturated rings. The maximum absolute atomic E-state index is 9.35. The quantitative estimate of drug-likeness (QED) is 0.748. The number of hydrogen-bond donors (Lipinski definition) is 2. The van der Waals surface area contributed by atoms with Crippen molar-refractivity contribution >= 4 is 0 Å². The van der Waals surface area contributed by atoms with E-state index in [0.29, 0.717) is 11.5 Å². The molecule has 3 nitrogen and oxygen atoms in total. The van der Waals surface area contributed by atoms with Crippen LogP contribution in [0.5, 0.6) is 0 Å². The van der Waals surface area contributed by atoms with E-state index >= 15 is 0 Å². The van der Waals surface area contributed by atoms with E-state index in [0.717, 1.165) is 13.1 Å². The Bertz CT molecular complexity index is 204. The lowest BCUT2D eigenvalue weighted by Gasteiger charge is -2.39. The predicted octanol–water partition coefficient (Wildman–Crippen LogP) is 1.47. The van der Waals surface area contributed by atoms with Gasteiger partial charge in [0.2, 0.25) is 0 Å². The molecule has 0 spiro atoms. The maximum atomic E-state index is 9.35. The van der Waals surface area contributed by atoms with Gasteiger partial charge in [-0.05, 0) is 24.8 Å². The topological polar surface area (TPSA) is 35.5 Å². The third kappa shape index (κ3) is 4.81. The largest absolute Gasteiger partial charge is 0.395 e. The Hall–Kier alpha value is -0.120. The van der Waals surface area contributed by atoms with Crippen LogP contribution in [-0.4, -0.2) is 48.3 Å². The van der Waals surface area contributed by atoms with Gasteiger partial charge >= 0.3 is 0 Å². The summed E-state index contributed by atoms with van der Waals surface area (Å²) >= 11 is 0. The number of nitrogens with one attached hydrogen (secondary N) is 1. The predicted molar refractivity (Wildman–Crippen MR) is 68.6 cm³/mol. The summed E-state index contributed by atoms with van der Waals surface area (Å²) in [5, 5.41) is 12.8. The fourth-order valence-electron chi connectivity index (χ4n) is 2.65. The van der Waals surface area contributed by atoms with Crippen molar-refractivity contribution in [1.29, 1.82) is 0 Å². The summed E-state index contributed by atoms with van der Waals surface area (Å²) in [4.78, 5) is 2.49. The lowest BCUT2D eigenvalue weighted by atomic mass is 9.84. The molecule has 1 aliphatic heterocycles. The number of piperidine rings is 1. The van der Waals surface area contributed by atoms with Crippen molar-refractivity contribution in [3.8, 4) is 0 Å². The maximum Gasteiger partial charge on any atom is 0.0597 e. The van der Waals surface area contributed by atoms with Crippen LogP contribution in [0.25, 0.3) is 0 Å². The molecule has 0 aromatic heterocycles. The molecule has 1 unspecified atom stereocenters. The van der Waals surface area contributed by atoms with Crippen LogP contribution in [0, 0.1) is 5.41 Å². The molecule has 1 saturated heterocycles. The molecule has 16 heavy (non-hydrogen) atoms. The first-order chi connectivity index (χ1) is 7.43. The highest BCUT2D eigenvalue weighted by molar-refractivity contribution is 4.82. The molecule has 2 N–H and O–H groups in total. The van der Waals surface area contributed by atoms with Gasteiger partial charge in [-0.3, -0.25) is 0 Å². The lowest BCUT2D eigenvalue weighted by molar-refractivity contribution is 0.0936. The summed E-state index contributed by atoms with van der Waals surface area (Å²) in [6, 6.07) is 0.656. The van der Waals surface area contributed by atoms with E-state index in [1.807, 2.05) is 0 Å². The molecule has 0 bridgehead atoms. The third-order valence-electron chi connectivity index (χ3n) is 3.25. The van der Waals surface area contributed by atoms with E-state index in [-0.39, 0.29) is 12.6 Å². The van der Waals surface area contributed by atoms with Crippen LogP contribution in [0.4, 0.5) is 0 Å². The summed E-state index contributed by atoms with van der Waals surface area (Å²) in [5.74, 6) is 0. The molecule has 1 atom stereocenters. The smallest absolute Gasteiger partial charge is 0.0597 e. The van der Waals surface area contributed by atoms with E-state index in [4.69, 9.17) is 0 Å². The standard InChI is InChI=1S/C13H28N2O/c1-11(2)14-12(9-16)8-15-7-5-6-13(3,4)10-15/h11-12,14,16H,5-10H2,1-4H3. The first kappa shape index (κ1) is 13.9. The summed E-state index contributed by atoms with van der Waals surface area (Å²) in [7, 11) is 0. The highest BCUT2D eigenvalue weighted by atomic mass is 16.3. The molecule has 0 saturated carbocycles. The van der Waals surface area contributed by atoms with E-state index in [2.05, 4.69) is 37.9 Å². The molecular weight excluding hydrogens is 200 g/mol. The van der Waals surface area contributed by atoms with Crippen molar-refractivity contribution in [2.24, 2.45) is 5.41 Å². The summed E-state index contributed by atoms with van der Waals surface area (Å²) < 4.78 is 0. The van der Waals surface area contributed by atoms with Crippen molar-refractivity contribution < 1.29 is 5.11 Å². The van der Waals surface area contributed by atoms with E-state index in [1.54, 1.807) is 0 Å². The Balaban J connectivity index is 2.39. The minimum atomic E-state index is 0.217. The van der Waals surface area contributed by atoms with Crippen LogP contribution in [0.15, 0.2) is 0 Å². The fraction of sp³-hybridized carbons (Fsp3) is 1.00. The number of hydrogen-bond acceptors (Lipinski definition) is 3. The van der Waals surface area contributed by atoms with Crippen molar-refractivity contribution in [1.82, 2.24) is 10.2 Å². The second kappa shape index (κ2) is 5.99. The normalized spacial score (nSPS) is 23.6. The Morgan fingerprint density at radius 3 is 2.56 bits per heavy atom. The molecule has 1 rings (SSSR count). The van der Waals surface area contributed by atoms with Gasteiger partial charge in [-0.15, -0.1) is 0 Å². The van der Waals surface area contributed by atoms with Gasteiger partial charge in [0.25, 0.3) is 0 Å². The van der Waals surface area contributed by atoms with Gasteiger partial charge in [-0.25, -0.2) is 0 Å². The second-order valence-corrected chi connectivity index (χ2v) is 6.20. The van der Waals surface area contributed by atoms with Gasteiger partial charge in [0, 0.05) is 25.2 Å². The van der Waals surface area contributed by atoms with Gasteiger partial charge < -0.3 is 15.3 Å². The van der Waals surface area contributed by atoms with Crippen LogP contribution < -0.4 is 5.32 Å². The Labute approximate surface area is 100 Å². The summed E-state index contributed by atoms with van der Waals surface area (Å²) in [5.41, 5.74) is 0.441. The minimum absolute atomic E-state index is 0.217. The number of likely N-dealkylation sites (tertiary alicyclic amines) is 1. The highest BCUT2D eigenvalue weighted by Gasteiger charge is 2.27. The van der Waals surface area contributed by atoms with Gasteiger partial charge in [0.15, 0.2) is 0 Å². The molecule has 1 heterocycles. The van der Waals surface area contributed by atoms with Crippen molar-refractivity contribution in [2.75, 3.05) is 26.2 Å². The monoisotopic (exact) mass is 228 g/mol. The second-order valence-electron chi connectivity index (χ2n) is 6.20. The van der Waals surface area contributed by atoms with Gasteiger partial charge in [0.05, 0.1) is 6.61 Å².